The van der Waals surface area contributed by atoms with Gasteiger partial charge in [0.2, 0.25) is 0 Å². The molecule has 5 rings (SSSR count). The van der Waals surface area contributed by atoms with Crippen LogP contribution in [0.5, 0.6) is 0 Å². The van der Waals surface area contributed by atoms with Crippen molar-refractivity contribution in [3.63, 3.8) is 0 Å². The molecule has 2 aromatic heterocycles. The van der Waals surface area contributed by atoms with Gasteiger partial charge in [0, 0.05) is 54.5 Å². The lowest BCUT2D eigenvalue weighted by Gasteiger charge is -2.27. The molecule has 1 amide bonds. The van der Waals surface area contributed by atoms with Crippen LogP contribution < -0.4 is 4.90 Å². The molecule has 0 radical (unpaired) electrons. The number of fused-ring (bicyclic) bond motifs is 2. The highest BCUT2D eigenvalue weighted by atomic mass is 32.1. The van der Waals surface area contributed by atoms with Crippen LogP contribution in [0, 0.1) is 21.7 Å². The van der Waals surface area contributed by atoms with E-state index in [0.29, 0.717) is 41.1 Å². The second kappa shape index (κ2) is 9.90. The summed E-state index contributed by atoms with van der Waals surface area (Å²) in [6, 6.07) is 8.05. The van der Waals surface area contributed by atoms with Gasteiger partial charge in [-0.1, -0.05) is 11.3 Å². The number of amides is 1. The van der Waals surface area contributed by atoms with Crippen LogP contribution in [0.1, 0.15) is 16.1 Å². The summed E-state index contributed by atoms with van der Waals surface area (Å²) in [4.78, 5) is 32.7. The zero-order chi connectivity index (χ0) is 24.5. The number of ether oxygens (including phenoxy) is 1. The molecule has 0 N–H and O–H groups in total. The molecule has 35 heavy (non-hydrogen) atoms. The summed E-state index contributed by atoms with van der Waals surface area (Å²) < 4.78 is 34.5. The molecular formula is C23H20F2N4O4S2. The van der Waals surface area contributed by atoms with Crippen LogP contribution >= 0.6 is 22.7 Å². The molecule has 1 saturated heterocycles. The van der Waals surface area contributed by atoms with Crippen LogP contribution in [-0.4, -0.2) is 60.1 Å². The number of rotatable bonds is 7. The number of carbonyl (C=O) groups is 1. The van der Waals surface area contributed by atoms with Crippen molar-refractivity contribution in [1.82, 2.24) is 9.88 Å². The number of anilines is 1. The normalized spacial score (nSPS) is 14.6. The number of carbonyl (C=O) groups excluding carboxylic acids is 1. The number of aromatic nitrogens is 1. The summed E-state index contributed by atoms with van der Waals surface area (Å²) in [7, 11) is 0. The minimum Gasteiger partial charge on any atom is -0.379 e. The van der Waals surface area contributed by atoms with Crippen LogP contribution in [-0.2, 0) is 4.74 Å². The highest BCUT2D eigenvalue weighted by Gasteiger charge is 2.25. The first-order valence-corrected chi connectivity index (χ1v) is 12.6. The zero-order valence-electron chi connectivity index (χ0n) is 18.4. The molecule has 0 saturated carbocycles. The van der Waals surface area contributed by atoms with Gasteiger partial charge < -0.3 is 4.74 Å². The van der Waals surface area contributed by atoms with E-state index in [4.69, 9.17) is 4.74 Å². The predicted octanol–water partition coefficient (Wildman–Crippen LogP) is 5.07. The lowest BCUT2D eigenvalue weighted by Crippen LogP contribution is -2.39. The average molecular weight is 519 g/mol. The van der Waals surface area contributed by atoms with E-state index in [1.54, 1.807) is 12.1 Å². The quantitative estimate of drug-likeness (QED) is 0.251. The Morgan fingerprint density at radius 2 is 1.94 bits per heavy atom. The Bertz CT molecular complexity index is 1420. The number of nitro benzene ring substituents is 1. The van der Waals surface area contributed by atoms with Gasteiger partial charge in [0.25, 0.3) is 11.6 Å². The summed E-state index contributed by atoms with van der Waals surface area (Å²) in [6.45, 7) is 4.04. The number of nitrogens with zero attached hydrogens (tertiary/aromatic N) is 4. The molecule has 1 aliphatic heterocycles. The van der Waals surface area contributed by atoms with Gasteiger partial charge in [-0.2, -0.15) is 0 Å². The molecule has 12 heteroatoms. The largest absolute Gasteiger partial charge is 0.379 e. The van der Waals surface area contributed by atoms with Gasteiger partial charge in [0.1, 0.15) is 11.3 Å². The number of thiophene rings is 1. The third-order valence-electron chi connectivity index (χ3n) is 5.76. The molecule has 182 valence electrons. The van der Waals surface area contributed by atoms with Crippen molar-refractivity contribution in [2.45, 2.75) is 6.42 Å². The highest BCUT2D eigenvalue weighted by molar-refractivity contribution is 7.23. The molecule has 0 unspecified atom stereocenters. The average Bonchev–Trinajstić information content (AvgIpc) is 3.46. The molecule has 0 aliphatic carbocycles. The smallest absolute Gasteiger partial charge is 0.270 e. The molecule has 4 aromatic rings. The van der Waals surface area contributed by atoms with Crippen molar-refractivity contribution in [3.8, 4) is 0 Å². The van der Waals surface area contributed by atoms with Gasteiger partial charge in [0.05, 0.1) is 27.7 Å². The van der Waals surface area contributed by atoms with Crippen LogP contribution in [0.4, 0.5) is 19.6 Å². The van der Waals surface area contributed by atoms with E-state index < -0.39 is 16.6 Å². The summed E-state index contributed by atoms with van der Waals surface area (Å²) in [5, 5.41) is 12.0. The Labute approximate surface area is 206 Å². The second-order valence-corrected chi connectivity index (χ2v) is 10.2. The lowest BCUT2D eigenvalue weighted by atomic mass is 10.2. The van der Waals surface area contributed by atoms with Gasteiger partial charge in [-0.3, -0.25) is 24.7 Å². The van der Waals surface area contributed by atoms with Gasteiger partial charge in [-0.25, -0.2) is 13.8 Å². The predicted molar refractivity (Wildman–Crippen MR) is 132 cm³/mol. The Kier molecular flexibility index (Phi) is 6.69. The standard InChI is InChI=1S/C23H20F2N4O4S2/c24-15-12-17(25)21-19(13-15)35-23(26-21)28(5-1-4-27-6-8-33-9-7-27)22(30)20-11-14-10-16(29(31)32)2-3-18(14)34-20/h2-3,10-13H,1,4-9H2. The van der Waals surface area contributed by atoms with Crippen LogP contribution in [0.2, 0.25) is 0 Å². The molecule has 1 fully saturated rings. The Balaban J connectivity index is 1.46. The maximum absolute atomic E-state index is 14.3. The summed E-state index contributed by atoms with van der Waals surface area (Å²) in [6.07, 6.45) is 0.648. The van der Waals surface area contributed by atoms with Crippen molar-refractivity contribution in [3.05, 3.63) is 63.0 Å². The fraction of sp³-hybridized carbons (Fsp3) is 0.304. The molecular weight excluding hydrogens is 498 g/mol. The first kappa shape index (κ1) is 23.7. The number of thiazole rings is 1. The molecule has 0 bridgehead atoms. The summed E-state index contributed by atoms with van der Waals surface area (Å²) in [5.74, 6) is -1.82. The number of halogens is 2. The van der Waals surface area contributed by atoms with Gasteiger partial charge in [-0.05, 0) is 24.6 Å². The fourth-order valence-corrected chi connectivity index (χ4v) is 6.03. The van der Waals surface area contributed by atoms with E-state index in [0.717, 1.165) is 41.7 Å². The number of benzene rings is 2. The van der Waals surface area contributed by atoms with Crippen molar-refractivity contribution < 1.29 is 23.2 Å². The third-order valence-corrected chi connectivity index (χ3v) is 7.89. The maximum atomic E-state index is 14.3. The molecule has 8 nitrogen and oxygen atoms in total. The maximum Gasteiger partial charge on any atom is 0.270 e. The van der Waals surface area contributed by atoms with E-state index >= 15 is 0 Å². The summed E-state index contributed by atoms with van der Waals surface area (Å²) >= 11 is 2.28. The van der Waals surface area contributed by atoms with E-state index in [1.807, 2.05) is 0 Å². The first-order valence-electron chi connectivity index (χ1n) is 10.9. The fourth-order valence-electron chi connectivity index (χ4n) is 4.00. The van der Waals surface area contributed by atoms with Crippen molar-refractivity contribution in [2.24, 2.45) is 0 Å². The van der Waals surface area contributed by atoms with Gasteiger partial charge in [0.15, 0.2) is 10.9 Å². The number of hydrogen-bond acceptors (Lipinski definition) is 8. The zero-order valence-corrected chi connectivity index (χ0v) is 20.0. The van der Waals surface area contributed by atoms with Crippen LogP contribution in [0.25, 0.3) is 20.3 Å². The van der Waals surface area contributed by atoms with Crippen molar-refractivity contribution in [1.29, 1.82) is 0 Å². The minimum absolute atomic E-state index is 0.0179. The van der Waals surface area contributed by atoms with Crippen LogP contribution in [0.3, 0.4) is 0 Å². The van der Waals surface area contributed by atoms with Crippen molar-refractivity contribution >= 4 is 59.7 Å². The number of hydrogen-bond donors (Lipinski definition) is 0. The van der Waals surface area contributed by atoms with Crippen molar-refractivity contribution in [2.75, 3.05) is 44.3 Å². The SMILES string of the molecule is O=C(c1cc2cc([N+](=O)[O-])ccc2s1)N(CCCN1CCOCC1)c1nc2c(F)cc(F)cc2s1. The third kappa shape index (κ3) is 5.01. The second-order valence-electron chi connectivity index (χ2n) is 8.09. The number of non-ortho nitro benzene ring substituents is 1. The molecule has 2 aromatic carbocycles. The van der Waals surface area contributed by atoms with Gasteiger partial charge >= 0.3 is 0 Å². The molecule has 1 aliphatic rings. The Hall–Kier alpha value is -3.06. The van der Waals surface area contributed by atoms with Crippen LogP contribution in [0.15, 0.2) is 36.4 Å². The number of nitro groups is 1. The topological polar surface area (TPSA) is 88.8 Å². The first-order chi connectivity index (χ1) is 16.9. The number of morpholine rings is 1. The molecule has 0 atom stereocenters. The van der Waals surface area contributed by atoms with E-state index in [9.17, 15) is 23.7 Å². The van der Waals surface area contributed by atoms with Gasteiger partial charge in [-0.15, -0.1) is 11.3 Å². The van der Waals surface area contributed by atoms with E-state index in [1.165, 1.54) is 34.4 Å². The highest BCUT2D eigenvalue weighted by Crippen LogP contribution is 2.34. The Morgan fingerprint density at radius 1 is 1.14 bits per heavy atom. The lowest BCUT2D eigenvalue weighted by molar-refractivity contribution is -0.384. The summed E-state index contributed by atoms with van der Waals surface area (Å²) in [5.41, 5.74) is -0.0373. The van der Waals surface area contributed by atoms with E-state index in [2.05, 4.69) is 9.88 Å². The minimum atomic E-state index is -0.780. The molecule has 3 heterocycles. The monoisotopic (exact) mass is 518 g/mol. The van der Waals surface area contributed by atoms with E-state index in [-0.39, 0.29) is 22.2 Å². The molecule has 0 spiro atoms. The Morgan fingerprint density at radius 3 is 2.71 bits per heavy atom.